The van der Waals surface area contributed by atoms with Crippen molar-refractivity contribution in [2.24, 2.45) is 0 Å². The molecule has 118 valence electrons. The molecule has 0 amide bonds. The van der Waals surface area contributed by atoms with E-state index in [1.54, 1.807) is 0 Å². The van der Waals surface area contributed by atoms with Crippen LogP contribution in [0, 0.1) is 0 Å². The molecule has 0 aliphatic carbocycles. The molecule has 1 aliphatic heterocycles. The number of anilines is 1. The van der Waals surface area contributed by atoms with Crippen molar-refractivity contribution in [2.45, 2.75) is 43.5 Å². The molecule has 0 radical (unpaired) electrons. The molecule has 1 aromatic rings. The van der Waals surface area contributed by atoms with Gasteiger partial charge in [0.15, 0.2) is 0 Å². The van der Waals surface area contributed by atoms with Gasteiger partial charge in [0.2, 0.25) is 10.0 Å². The first-order chi connectivity index (χ1) is 9.99. The van der Waals surface area contributed by atoms with Crippen molar-refractivity contribution in [3.8, 4) is 0 Å². The van der Waals surface area contributed by atoms with Gasteiger partial charge in [-0.25, -0.2) is 18.1 Å². The molecule has 1 unspecified atom stereocenters. The van der Waals surface area contributed by atoms with Gasteiger partial charge in [-0.15, -0.1) is 0 Å². The number of nitrogen functional groups attached to an aromatic ring is 1. The van der Waals surface area contributed by atoms with Crippen LogP contribution in [0.2, 0.25) is 0 Å². The lowest BCUT2D eigenvalue weighted by Gasteiger charge is -2.33. The van der Waals surface area contributed by atoms with Crippen LogP contribution in [-0.2, 0) is 10.0 Å². The van der Waals surface area contributed by atoms with Gasteiger partial charge in [0.25, 0.3) is 0 Å². The van der Waals surface area contributed by atoms with Gasteiger partial charge in [-0.1, -0.05) is 6.42 Å². The van der Waals surface area contributed by atoms with Crippen molar-refractivity contribution < 1.29 is 8.42 Å². The number of sulfonamides is 1. The highest BCUT2D eigenvalue weighted by Crippen LogP contribution is 2.16. The minimum absolute atomic E-state index is 0.168. The second kappa shape index (κ2) is 7.20. The predicted octanol–water partition coefficient (Wildman–Crippen LogP) is 1.21. The summed E-state index contributed by atoms with van der Waals surface area (Å²) in [6, 6.07) is 3.43. The molecule has 1 aromatic heterocycles. The third-order valence-electron chi connectivity index (χ3n) is 3.92. The molecule has 21 heavy (non-hydrogen) atoms. The highest BCUT2D eigenvalue weighted by molar-refractivity contribution is 7.89. The Morgan fingerprint density at radius 2 is 2.29 bits per heavy atom. The van der Waals surface area contributed by atoms with E-state index in [0.29, 0.717) is 12.6 Å². The molecule has 6 nitrogen and oxygen atoms in total. The number of nitrogens with two attached hydrogens (primary N) is 1. The van der Waals surface area contributed by atoms with Gasteiger partial charge in [-0.05, 0) is 45.3 Å². The van der Waals surface area contributed by atoms with Gasteiger partial charge < -0.3 is 10.6 Å². The Balaban J connectivity index is 1.80. The summed E-state index contributed by atoms with van der Waals surface area (Å²) in [4.78, 5) is 6.40. The fourth-order valence-corrected chi connectivity index (χ4v) is 3.75. The molecule has 0 saturated carbocycles. The number of nitrogens with zero attached hydrogens (tertiary/aromatic N) is 2. The molecule has 0 aromatic carbocycles. The predicted molar refractivity (Wildman–Crippen MR) is 83.3 cm³/mol. The molecule has 3 N–H and O–H groups in total. The van der Waals surface area contributed by atoms with Crippen molar-refractivity contribution in [3.63, 3.8) is 0 Å². The summed E-state index contributed by atoms with van der Waals surface area (Å²) in [5.74, 6) is 0.208. The third kappa shape index (κ3) is 4.66. The Bertz CT molecular complexity index is 562. The van der Waals surface area contributed by atoms with E-state index in [0.717, 1.165) is 19.5 Å². The van der Waals surface area contributed by atoms with Gasteiger partial charge in [-0.3, -0.25) is 0 Å². The Kier molecular flexibility index (Phi) is 5.55. The summed E-state index contributed by atoms with van der Waals surface area (Å²) in [5, 5.41) is 0. The molecular formula is C14H24N4O2S. The lowest BCUT2D eigenvalue weighted by Crippen LogP contribution is -2.39. The number of pyridine rings is 1. The Hall–Kier alpha value is -1.18. The van der Waals surface area contributed by atoms with E-state index >= 15 is 0 Å². The zero-order chi connectivity index (χ0) is 15.3. The molecule has 0 bridgehead atoms. The Morgan fingerprint density at radius 3 is 3.00 bits per heavy atom. The molecule has 2 rings (SSSR count). The molecular weight excluding hydrogens is 288 g/mol. The van der Waals surface area contributed by atoms with E-state index in [-0.39, 0.29) is 10.7 Å². The van der Waals surface area contributed by atoms with Gasteiger partial charge in [0.05, 0.1) is 4.90 Å². The maximum absolute atomic E-state index is 12.1. The number of rotatable bonds is 6. The number of aromatic nitrogens is 1. The highest BCUT2D eigenvalue weighted by Gasteiger charge is 2.18. The van der Waals surface area contributed by atoms with Crippen LogP contribution in [0.25, 0.3) is 0 Å². The first-order valence-corrected chi connectivity index (χ1v) is 8.92. The standard InChI is InChI=1S/C14H24N4O2S/c1-12-5-2-3-9-18(12)10-4-7-17-21(19,20)13-6-8-16-14(15)11-13/h6,8,11-12,17H,2-5,7,9-10H2,1H3,(H2,15,16). The van der Waals surface area contributed by atoms with E-state index in [2.05, 4.69) is 21.5 Å². The topological polar surface area (TPSA) is 88.3 Å². The summed E-state index contributed by atoms with van der Waals surface area (Å²) < 4.78 is 26.8. The van der Waals surface area contributed by atoms with E-state index in [9.17, 15) is 8.42 Å². The van der Waals surface area contributed by atoms with Crippen LogP contribution < -0.4 is 10.5 Å². The van der Waals surface area contributed by atoms with E-state index in [1.807, 2.05) is 0 Å². The lowest BCUT2D eigenvalue weighted by atomic mass is 10.0. The van der Waals surface area contributed by atoms with Crippen LogP contribution >= 0.6 is 0 Å². The largest absolute Gasteiger partial charge is 0.384 e. The molecule has 2 heterocycles. The summed E-state index contributed by atoms with van der Waals surface area (Å²) in [6.07, 6.45) is 5.99. The monoisotopic (exact) mass is 312 g/mol. The van der Waals surface area contributed by atoms with Crippen LogP contribution in [0.15, 0.2) is 23.2 Å². The quantitative estimate of drug-likeness (QED) is 0.771. The zero-order valence-electron chi connectivity index (χ0n) is 12.5. The number of piperidine rings is 1. The smallest absolute Gasteiger partial charge is 0.240 e. The van der Waals surface area contributed by atoms with Gasteiger partial charge in [-0.2, -0.15) is 0 Å². The number of hydrogen-bond acceptors (Lipinski definition) is 5. The summed E-state index contributed by atoms with van der Waals surface area (Å²) in [6.45, 7) is 4.73. The highest BCUT2D eigenvalue weighted by atomic mass is 32.2. The van der Waals surface area contributed by atoms with Crippen molar-refractivity contribution in [2.75, 3.05) is 25.4 Å². The minimum atomic E-state index is -3.49. The summed E-state index contributed by atoms with van der Waals surface area (Å²) >= 11 is 0. The van der Waals surface area contributed by atoms with Crippen molar-refractivity contribution in [1.29, 1.82) is 0 Å². The Labute approximate surface area is 126 Å². The molecule has 1 aliphatic rings. The fourth-order valence-electron chi connectivity index (χ4n) is 2.66. The second-order valence-corrected chi connectivity index (χ2v) is 7.32. The lowest BCUT2D eigenvalue weighted by molar-refractivity contribution is 0.159. The number of hydrogen-bond donors (Lipinski definition) is 2. The van der Waals surface area contributed by atoms with Crippen LogP contribution in [0.4, 0.5) is 5.82 Å². The summed E-state index contributed by atoms with van der Waals surface area (Å²) in [5.41, 5.74) is 5.51. The summed E-state index contributed by atoms with van der Waals surface area (Å²) in [7, 11) is -3.49. The van der Waals surface area contributed by atoms with E-state index < -0.39 is 10.0 Å². The number of nitrogens with one attached hydrogen (secondary N) is 1. The maximum Gasteiger partial charge on any atom is 0.240 e. The zero-order valence-corrected chi connectivity index (χ0v) is 13.3. The van der Waals surface area contributed by atoms with Crippen molar-refractivity contribution in [3.05, 3.63) is 18.3 Å². The van der Waals surface area contributed by atoms with Crippen LogP contribution in [0.5, 0.6) is 0 Å². The molecule has 1 saturated heterocycles. The first-order valence-electron chi connectivity index (χ1n) is 7.44. The normalized spacial score (nSPS) is 20.5. The van der Waals surface area contributed by atoms with E-state index in [1.165, 1.54) is 37.6 Å². The average molecular weight is 312 g/mol. The van der Waals surface area contributed by atoms with E-state index in [4.69, 9.17) is 5.73 Å². The number of likely N-dealkylation sites (tertiary alicyclic amines) is 1. The average Bonchev–Trinajstić information content (AvgIpc) is 2.45. The SMILES string of the molecule is CC1CCCCN1CCCNS(=O)(=O)c1ccnc(N)c1. The van der Waals surface area contributed by atoms with Crippen molar-refractivity contribution in [1.82, 2.24) is 14.6 Å². The molecule has 1 fully saturated rings. The fraction of sp³-hybridized carbons (Fsp3) is 0.643. The first kappa shape index (κ1) is 16.2. The van der Waals surface area contributed by atoms with Gasteiger partial charge in [0.1, 0.15) is 5.82 Å². The van der Waals surface area contributed by atoms with Crippen LogP contribution in [0.3, 0.4) is 0 Å². The molecule has 1 atom stereocenters. The van der Waals surface area contributed by atoms with Crippen LogP contribution in [0.1, 0.15) is 32.6 Å². The van der Waals surface area contributed by atoms with Gasteiger partial charge >= 0.3 is 0 Å². The van der Waals surface area contributed by atoms with Crippen molar-refractivity contribution >= 4 is 15.8 Å². The molecule has 7 heteroatoms. The maximum atomic E-state index is 12.1. The van der Waals surface area contributed by atoms with Gasteiger partial charge in [0, 0.05) is 24.8 Å². The van der Waals surface area contributed by atoms with Crippen LogP contribution in [-0.4, -0.2) is 44.0 Å². The third-order valence-corrected chi connectivity index (χ3v) is 5.38. The minimum Gasteiger partial charge on any atom is -0.384 e. The molecule has 0 spiro atoms. The second-order valence-electron chi connectivity index (χ2n) is 5.55. The Morgan fingerprint density at radius 1 is 1.48 bits per heavy atom.